The average Bonchev–Trinajstić information content (AvgIpc) is 3.58. The number of hydrogen-bond acceptors (Lipinski definition) is 10. The first-order valence-corrected chi connectivity index (χ1v) is 15.0. The molecule has 3 aliphatic heterocycles. The van der Waals surface area contributed by atoms with Crippen LogP contribution in [-0.4, -0.2) is 71.8 Å². The lowest BCUT2D eigenvalue weighted by Crippen LogP contribution is -2.37. The Morgan fingerprint density at radius 2 is 1.81 bits per heavy atom. The van der Waals surface area contributed by atoms with Crippen LogP contribution in [-0.2, 0) is 6.54 Å². The van der Waals surface area contributed by atoms with Gasteiger partial charge in [-0.15, -0.1) is 0 Å². The number of hydrogen-bond donors (Lipinski definition) is 3. The molecule has 11 nitrogen and oxygen atoms in total. The van der Waals surface area contributed by atoms with Crippen molar-refractivity contribution in [2.24, 2.45) is 5.41 Å². The van der Waals surface area contributed by atoms with Gasteiger partial charge in [-0.25, -0.2) is 0 Å². The summed E-state index contributed by atoms with van der Waals surface area (Å²) in [5.41, 5.74) is 3.05. The van der Waals surface area contributed by atoms with Gasteiger partial charge in [0.05, 0.1) is 12.2 Å². The highest BCUT2D eigenvalue weighted by Crippen LogP contribution is 2.46. The summed E-state index contributed by atoms with van der Waals surface area (Å²) in [7, 11) is 0. The van der Waals surface area contributed by atoms with Gasteiger partial charge in [-0.2, -0.15) is 15.0 Å². The highest BCUT2D eigenvalue weighted by Gasteiger charge is 2.44. The molecule has 1 saturated heterocycles. The molecule has 2 fully saturated rings. The number of aromatic nitrogens is 3. The molecule has 1 aliphatic carbocycles. The second-order valence-electron chi connectivity index (χ2n) is 11.5. The Morgan fingerprint density at radius 1 is 1.05 bits per heavy atom. The summed E-state index contributed by atoms with van der Waals surface area (Å²) in [6.07, 6.45) is 4.82. The molecule has 226 valence electrons. The Bertz CT molecular complexity index is 1450. The molecule has 4 aliphatic rings. The van der Waals surface area contributed by atoms with Gasteiger partial charge in [-0.1, -0.05) is 18.7 Å². The fourth-order valence-electron chi connectivity index (χ4n) is 5.36. The number of carbonyl (C=O) groups is 1. The molecule has 0 radical (unpaired) electrons. The van der Waals surface area contributed by atoms with Crippen LogP contribution in [0.3, 0.4) is 0 Å². The van der Waals surface area contributed by atoms with E-state index in [2.05, 4.69) is 42.4 Å². The number of ether oxygens (including phenoxy) is 3. The van der Waals surface area contributed by atoms with E-state index in [1.165, 1.54) is 12.8 Å². The third kappa shape index (κ3) is 7.53. The molecule has 7 rings (SSSR count). The maximum Gasteiger partial charge on any atom is 0.323 e. The summed E-state index contributed by atoms with van der Waals surface area (Å²) in [5.74, 6) is 1.66. The predicted molar refractivity (Wildman–Crippen MR) is 164 cm³/mol. The molecule has 3 N–H and O–H groups in total. The number of anilines is 3. The first-order chi connectivity index (χ1) is 21.0. The number of rotatable bonds is 7. The van der Waals surface area contributed by atoms with Gasteiger partial charge >= 0.3 is 6.01 Å². The average molecular weight is 586 g/mol. The minimum atomic E-state index is -0.163. The van der Waals surface area contributed by atoms with Gasteiger partial charge in [-0.05, 0) is 81.1 Å². The van der Waals surface area contributed by atoms with Crippen LogP contribution in [0.4, 0.5) is 17.6 Å². The lowest BCUT2D eigenvalue weighted by atomic mass is 10.1. The Hall–Kier alpha value is -4.38. The lowest BCUT2D eigenvalue weighted by Gasteiger charge is -2.23. The van der Waals surface area contributed by atoms with Crippen molar-refractivity contribution < 1.29 is 19.0 Å². The second-order valence-corrected chi connectivity index (χ2v) is 11.5. The number of carbonyl (C=O) groups excluding carboxylic acids is 1. The zero-order chi connectivity index (χ0) is 29.6. The molecule has 0 atom stereocenters. The number of likely N-dealkylation sites (tertiary alicyclic amines) is 1. The van der Waals surface area contributed by atoms with Crippen LogP contribution in [0, 0.1) is 5.41 Å². The number of amides is 1. The van der Waals surface area contributed by atoms with Gasteiger partial charge in [0.2, 0.25) is 11.9 Å². The topological polar surface area (TPSA) is 123 Å². The van der Waals surface area contributed by atoms with E-state index in [4.69, 9.17) is 14.2 Å². The van der Waals surface area contributed by atoms with Gasteiger partial charge in [0, 0.05) is 36.8 Å². The maximum atomic E-state index is 13.5. The molecule has 3 aromatic rings. The molecule has 2 aromatic carbocycles. The molecule has 0 unspecified atom stereocenters. The SMILES string of the molecule is C=C1COc2ccc(cc2)CNc2nc(nc(OCC)n2)Nc2ccc(C(=O)NCC3(CN4CCCC4)CC3)c(c2)OC1. The summed E-state index contributed by atoms with van der Waals surface area (Å²) < 4.78 is 17.7. The molecular formula is C32H39N7O4. The van der Waals surface area contributed by atoms with Crippen LogP contribution in [0.1, 0.15) is 48.5 Å². The first kappa shape index (κ1) is 28.7. The van der Waals surface area contributed by atoms with Crippen molar-refractivity contribution in [3.05, 3.63) is 65.7 Å². The zero-order valence-electron chi connectivity index (χ0n) is 24.7. The zero-order valence-corrected chi connectivity index (χ0v) is 24.7. The molecular weight excluding hydrogens is 546 g/mol. The highest BCUT2D eigenvalue weighted by atomic mass is 16.5. The smallest absolute Gasteiger partial charge is 0.323 e. The van der Waals surface area contributed by atoms with E-state index in [1.54, 1.807) is 12.1 Å². The van der Waals surface area contributed by atoms with Crippen molar-refractivity contribution >= 4 is 23.5 Å². The molecule has 6 bridgehead atoms. The number of nitrogens with one attached hydrogen (secondary N) is 3. The molecule has 4 heterocycles. The number of benzene rings is 2. The monoisotopic (exact) mass is 585 g/mol. The van der Waals surface area contributed by atoms with Gasteiger partial charge in [0.1, 0.15) is 24.7 Å². The third-order valence-electron chi connectivity index (χ3n) is 7.96. The van der Waals surface area contributed by atoms with E-state index in [9.17, 15) is 4.79 Å². The summed E-state index contributed by atoms with van der Waals surface area (Å²) in [4.78, 5) is 29.3. The second kappa shape index (κ2) is 12.9. The van der Waals surface area contributed by atoms with E-state index in [-0.39, 0.29) is 23.9 Å². The summed E-state index contributed by atoms with van der Waals surface area (Å²) in [6, 6.07) is 13.3. The highest BCUT2D eigenvalue weighted by molar-refractivity contribution is 5.97. The first-order valence-electron chi connectivity index (χ1n) is 15.0. The van der Waals surface area contributed by atoms with Crippen molar-refractivity contribution in [2.45, 2.75) is 39.2 Å². The quantitative estimate of drug-likeness (QED) is 0.340. The van der Waals surface area contributed by atoms with E-state index in [0.29, 0.717) is 55.2 Å². The molecule has 11 heteroatoms. The Kier molecular flexibility index (Phi) is 8.59. The Labute approximate surface area is 252 Å². The van der Waals surface area contributed by atoms with Crippen LogP contribution in [0.2, 0.25) is 0 Å². The summed E-state index contributed by atoms with van der Waals surface area (Å²) in [6.45, 7) is 11.4. The van der Waals surface area contributed by atoms with E-state index < -0.39 is 0 Å². The van der Waals surface area contributed by atoms with Gasteiger partial charge in [0.15, 0.2) is 0 Å². The van der Waals surface area contributed by atoms with Crippen molar-refractivity contribution in [2.75, 3.05) is 56.6 Å². The van der Waals surface area contributed by atoms with Gasteiger partial charge in [-0.3, -0.25) is 4.79 Å². The number of fused-ring (bicyclic) bond motifs is 7. The van der Waals surface area contributed by atoms with E-state index in [0.717, 1.165) is 49.4 Å². The summed E-state index contributed by atoms with van der Waals surface area (Å²) >= 11 is 0. The third-order valence-corrected chi connectivity index (χ3v) is 7.96. The maximum absolute atomic E-state index is 13.5. The van der Waals surface area contributed by atoms with E-state index >= 15 is 0 Å². The molecule has 1 aromatic heterocycles. The fraction of sp³-hybridized carbons (Fsp3) is 0.438. The normalized spacial score (nSPS) is 17.8. The van der Waals surface area contributed by atoms with Gasteiger partial charge in [0.25, 0.3) is 5.91 Å². The van der Waals surface area contributed by atoms with Gasteiger partial charge < -0.3 is 35.1 Å². The van der Waals surface area contributed by atoms with Crippen molar-refractivity contribution in [3.8, 4) is 17.5 Å². The van der Waals surface area contributed by atoms with Crippen molar-refractivity contribution in [3.63, 3.8) is 0 Å². The van der Waals surface area contributed by atoms with Crippen LogP contribution >= 0.6 is 0 Å². The molecule has 1 saturated carbocycles. The lowest BCUT2D eigenvalue weighted by molar-refractivity contribution is 0.0936. The Morgan fingerprint density at radius 3 is 2.58 bits per heavy atom. The van der Waals surface area contributed by atoms with Crippen LogP contribution in [0.15, 0.2) is 54.6 Å². The summed E-state index contributed by atoms with van der Waals surface area (Å²) in [5, 5.41) is 9.65. The minimum Gasteiger partial charge on any atom is -0.489 e. The largest absolute Gasteiger partial charge is 0.489 e. The standard InChI is InChI=1S/C32H39N7O4/c1-3-41-31-37-29-33-17-23-6-9-25(10-7-23)42-18-22(2)19-43-27-16-24(35-30(36-29)38-31)8-11-26(27)28(40)34-20-32(12-13-32)21-39-14-4-5-15-39/h6-11,16H,2-5,12-15,17-21H2,1H3,(H,34,40)(H2,33,35,36,37,38). The minimum absolute atomic E-state index is 0.163. The van der Waals surface area contributed by atoms with E-state index in [1.807, 2.05) is 37.3 Å². The van der Waals surface area contributed by atoms with Crippen LogP contribution in [0.5, 0.6) is 17.5 Å². The fourth-order valence-corrected chi connectivity index (χ4v) is 5.36. The Balaban J connectivity index is 1.24. The molecule has 1 amide bonds. The van der Waals surface area contributed by atoms with Crippen LogP contribution < -0.4 is 30.2 Å². The predicted octanol–water partition coefficient (Wildman–Crippen LogP) is 4.56. The van der Waals surface area contributed by atoms with Crippen LogP contribution in [0.25, 0.3) is 0 Å². The molecule has 43 heavy (non-hydrogen) atoms. The number of nitrogens with zero attached hydrogens (tertiary/aromatic N) is 4. The molecule has 0 spiro atoms. The van der Waals surface area contributed by atoms with Crippen molar-refractivity contribution in [1.29, 1.82) is 0 Å². The van der Waals surface area contributed by atoms with Crippen molar-refractivity contribution in [1.82, 2.24) is 25.2 Å².